The summed E-state index contributed by atoms with van der Waals surface area (Å²) in [7, 11) is 0. The Balaban J connectivity index is 1.82. The first-order valence-electron chi connectivity index (χ1n) is 14.3. The summed E-state index contributed by atoms with van der Waals surface area (Å²) in [6, 6.07) is 4.25. The van der Waals surface area contributed by atoms with Crippen molar-refractivity contribution < 1.29 is 54.2 Å². The molecule has 3 unspecified atom stereocenters. The first kappa shape index (κ1) is 34.1. The number of carboxylic acids is 1. The number of carbonyl (C=O) groups is 2. The van der Waals surface area contributed by atoms with Gasteiger partial charge in [0.1, 0.15) is 0 Å². The molecule has 0 spiro atoms. The molecule has 4 rings (SSSR count). The Bertz CT molecular complexity index is 1440. The van der Waals surface area contributed by atoms with E-state index in [1.807, 2.05) is 0 Å². The number of aliphatic carboxylic acids is 1. The van der Waals surface area contributed by atoms with Gasteiger partial charge >= 0.3 is 24.5 Å². The van der Waals surface area contributed by atoms with Gasteiger partial charge in [-0.05, 0) is 92.0 Å². The van der Waals surface area contributed by atoms with Crippen LogP contribution in [0.15, 0.2) is 36.4 Å². The maximum Gasteiger partial charge on any atom is 0.416 e. The summed E-state index contributed by atoms with van der Waals surface area (Å²) in [5.74, 6) is -5.08. The van der Waals surface area contributed by atoms with Gasteiger partial charge in [-0.25, -0.2) is 0 Å². The topological polar surface area (TPSA) is 81.4 Å². The molecule has 1 heterocycles. The zero-order valence-electron chi connectivity index (χ0n) is 23.9. The minimum Gasteiger partial charge on any atom is -0.481 e. The molecule has 1 aliphatic carbocycles. The van der Waals surface area contributed by atoms with Crippen LogP contribution in [0.5, 0.6) is 0 Å². The Morgan fingerprint density at radius 1 is 0.889 bits per heavy atom. The number of hydrogen-bond donors (Lipinski definition) is 1. The lowest BCUT2D eigenvalue weighted by atomic mass is 9.73. The highest BCUT2D eigenvalue weighted by atomic mass is 19.4. The van der Waals surface area contributed by atoms with Crippen molar-refractivity contribution in [2.45, 2.75) is 88.3 Å². The number of carbonyl (C=O) groups excluding carboxylic acids is 1. The van der Waals surface area contributed by atoms with Crippen LogP contribution in [0, 0.1) is 23.2 Å². The smallest absolute Gasteiger partial charge is 0.416 e. The molecule has 2 aromatic carbocycles. The van der Waals surface area contributed by atoms with E-state index in [2.05, 4.69) is 0 Å². The highest BCUT2D eigenvalue weighted by molar-refractivity contribution is 5.97. The van der Waals surface area contributed by atoms with E-state index in [-0.39, 0.29) is 42.5 Å². The van der Waals surface area contributed by atoms with Crippen molar-refractivity contribution in [1.82, 2.24) is 0 Å². The molecule has 1 aliphatic heterocycles. The molecule has 244 valence electrons. The van der Waals surface area contributed by atoms with Crippen LogP contribution in [-0.4, -0.2) is 23.0 Å². The Kier molecular flexibility index (Phi) is 9.52. The third-order valence-electron chi connectivity index (χ3n) is 8.78. The molecule has 0 bridgehead atoms. The third kappa shape index (κ3) is 7.39. The number of nitrogens with zero attached hydrogens (tertiary/aromatic N) is 2. The van der Waals surface area contributed by atoms with Gasteiger partial charge in [0.15, 0.2) is 0 Å². The predicted octanol–water partition coefficient (Wildman–Crippen LogP) is 8.93. The van der Waals surface area contributed by atoms with Crippen LogP contribution in [-0.2, 0) is 28.1 Å². The molecule has 5 nitrogen and oxygen atoms in total. The fraction of sp³-hybridized carbons (Fsp3) is 0.516. The fourth-order valence-electron chi connectivity index (χ4n) is 6.55. The summed E-state index contributed by atoms with van der Waals surface area (Å²) in [6.07, 6.45) is -13.7. The molecule has 14 heteroatoms. The lowest BCUT2D eigenvalue weighted by Crippen LogP contribution is -2.48. The van der Waals surface area contributed by atoms with E-state index in [4.69, 9.17) is 5.11 Å². The maximum atomic E-state index is 13.9. The number of benzene rings is 2. The molecule has 2 aromatic rings. The maximum absolute atomic E-state index is 13.9. The Morgan fingerprint density at radius 2 is 1.44 bits per heavy atom. The van der Waals surface area contributed by atoms with Gasteiger partial charge in [0.25, 0.3) is 0 Å². The first-order valence-corrected chi connectivity index (χ1v) is 14.3. The standard InChI is InChI=1S/C31H29F9N2O3/c1-2-22-14-23(25(15-41)18-10-20(30(35,36)37)12-21(11-18)31(38,39)40)24-13-19(29(32,33)34)7-8-26(24)42(22)28(45)17-5-3-16(4-6-17)9-27(43)44/h7-8,10-13,16-17,22-23,25H,2-6,9,14H2,1H3,(H,43,44). The van der Waals surface area contributed by atoms with Gasteiger partial charge in [0.2, 0.25) is 5.91 Å². The summed E-state index contributed by atoms with van der Waals surface area (Å²) in [5, 5.41) is 19.2. The molecular weight excluding hydrogens is 619 g/mol. The van der Waals surface area contributed by atoms with Crippen molar-refractivity contribution >= 4 is 17.6 Å². The largest absolute Gasteiger partial charge is 0.481 e. The number of halogens is 9. The number of fused-ring (bicyclic) bond motifs is 1. The Morgan fingerprint density at radius 3 is 1.91 bits per heavy atom. The lowest BCUT2D eigenvalue weighted by molar-refractivity contribution is -0.143. The molecule has 1 amide bonds. The third-order valence-corrected chi connectivity index (χ3v) is 8.78. The van der Waals surface area contributed by atoms with Gasteiger partial charge in [0, 0.05) is 30.0 Å². The molecule has 2 aliphatic rings. The molecule has 0 radical (unpaired) electrons. The van der Waals surface area contributed by atoms with Crippen LogP contribution >= 0.6 is 0 Å². The zero-order chi connectivity index (χ0) is 33.5. The van der Waals surface area contributed by atoms with Crippen LogP contribution in [0.25, 0.3) is 0 Å². The van der Waals surface area contributed by atoms with Crippen molar-refractivity contribution in [3.8, 4) is 6.07 Å². The number of hydrogen-bond acceptors (Lipinski definition) is 3. The second-order valence-electron chi connectivity index (χ2n) is 11.6. The van der Waals surface area contributed by atoms with Crippen molar-refractivity contribution in [2.24, 2.45) is 11.8 Å². The van der Waals surface area contributed by atoms with Gasteiger partial charge in [-0.1, -0.05) is 6.92 Å². The van der Waals surface area contributed by atoms with Crippen molar-refractivity contribution in [3.63, 3.8) is 0 Å². The average molecular weight is 649 g/mol. The Hall–Kier alpha value is -3.76. The molecule has 3 atom stereocenters. The lowest BCUT2D eigenvalue weighted by Gasteiger charge is -2.44. The zero-order valence-corrected chi connectivity index (χ0v) is 23.9. The van der Waals surface area contributed by atoms with E-state index < -0.39 is 76.5 Å². The molecule has 1 fully saturated rings. The fourth-order valence-corrected chi connectivity index (χ4v) is 6.55. The highest BCUT2D eigenvalue weighted by Gasteiger charge is 2.45. The summed E-state index contributed by atoms with van der Waals surface area (Å²) in [4.78, 5) is 26.3. The quantitative estimate of drug-likeness (QED) is 0.317. The highest BCUT2D eigenvalue weighted by Crippen LogP contribution is 2.50. The van der Waals surface area contributed by atoms with Crippen molar-refractivity contribution in [2.75, 3.05) is 4.90 Å². The monoisotopic (exact) mass is 648 g/mol. The van der Waals surface area contributed by atoms with E-state index in [0.29, 0.717) is 43.9 Å². The van der Waals surface area contributed by atoms with E-state index in [1.165, 1.54) is 4.90 Å². The van der Waals surface area contributed by atoms with E-state index in [9.17, 15) is 54.4 Å². The molecule has 45 heavy (non-hydrogen) atoms. The van der Waals surface area contributed by atoms with Crippen LogP contribution in [0.4, 0.5) is 45.2 Å². The van der Waals surface area contributed by atoms with Crippen LogP contribution in [0.2, 0.25) is 0 Å². The summed E-state index contributed by atoms with van der Waals surface area (Å²) in [5.41, 5.74) is -5.30. The summed E-state index contributed by atoms with van der Waals surface area (Å²) in [6.45, 7) is 1.67. The van der Waals surface area contributed by atoms with Gasteiger partial charge in [0.05, 0.1) is 28.7 Å². The minimum atomic E-state index is -5.21. The SMILES string of the molecule is CCC1CC(C(C#N)c2cc(C(F)(F)F)cc(C(F)(F)F)c2)c2cc(C(F)(F)F)ccc2N1C(=O)C1CCC(CC(=O)O)CC1. The molecular formula is C31H29F9N2O3. The van der Waals surface area contributed by atoms with Crippen LogP contribution < -0.4 is 4.90 Å². The van der Waals surface area contributed by atoms with Crippen LogP contribution in [0.1, 0.15) is 91.5 Å². The van der Waals surface area contributed by atoms with Crippen LogP contribution in [0.3, 0.4) is 0 Å². The van der Waals surface area contributed by atoms with Gasteiger partial charge in [-0.15, -0.1) is 0 Å². The molecule has 1 saturated carbocycles. The summed E-state index contributed by atoms with van der Waals surface area (Å²) < 4.78 is 123. The number of nitriles is 1. The number of rotatable bonds is 6. The van der Waals surface area contributed by atoms with E-state index >= 15 is 0 Å². The second kappa shape index (κ2) is 12.6. The predicted molar refractivity (Wildman–Crippen MR) is 143 cm³/mol. The van der Waals surface area contributed by atoms with Gasteiger partial charge in [-0.3, -0.25) is 9.59 Å². The normalized spacial score (nSPS) is 23.2. The molecule has 0 saturated heterocycles. The second-order valence-corrected chi connectivity index (χ2v) is 11.6. The van der Waals surface area contributed by atoms with E-state index in [0.717, 1.165) is 12.1 Å². The van der Waals surface area contributed by atoms with Gasteiger partial charge < -0.3 is 10.0 Å². The van der Waals surface area contributed by atoms with Crippen molar-refractivity contribution in [3.05, 3.63) is 64.2 Å². The van der Waals surface area contributed by atoms with Gasteiger partial charge in [-0.2, -0.15) is 44.8 Å². The molecule has 1 N–H and O–H groups in total. The number of carboxylic acid groups (broad SMARTS) is 1. The summed E-state index contributed by atoms with van der Waals surface area (Å²) >= 11 is 0. The van der Waals surface area contributed by atoms with E-state index in [1.54, 1.807) is 13.0 Å². The number of amides is 1. The minimum absolute atomic E-state index is 0.00651. The Labute approximate surface area is 252 Å². The number of anilines is 1. The first-order chi connectivity index (χ1) is 20.8. The number of alkyl halides is 9. The average Bonchev–Trinajstić information content (AvgIpc) is 2.95. The van der Waals surface area contributed by atoms with Crippen molar-refractivity contribution in [1.29, 1.82) is 5.26 Å². The molecule has 0 aromatic heterocycles.